The van der Waals surface area contributed by atoms with Crippen molar-refractivity contribution >= 4 is 33.0 Å². The summed E-state index contributed by atoms with van der Waals surface area (Å²) in [7, 11) is 4.12. The zero-order valence-corrected chi connectivity index (χ0v) is 18.6. The zero-order chi connectivity index (χ0) is 13.7. The molecule has 4 aromatic rings. The molecule has 4 rings (SSSR count). The molecule has 0 saturated carbocycles. The molecule has 2 aromatic heterocycles. The Bertz CT molecular complexity index is 947. The molecule has 0 N–H and O–H groups in total. The molecule has 3 nitrogen and oxygen atoms in total. The van der Waals surface area contributed by atoms with Gasteiger partial charge in [-0.3, -0.25) is 4.98 Å². The van der Waals surface area contributed by atoms with Crippen molar-refractivity contribution in [3.63, 3.8) is 0 Å². The second-order valence-electron chi connectivity index (χ2n) is 5.18. The van der Waals surface area contributed by atoms with Crippen molar-refractivity contribution in [3.8, 4) is 0 Å². The Hall–Kier alpha value is -0.797. The summed E-state index contributed by atoms with van der Waals surface area (Å²) < 4.78 is 2.13. The normalized spacial score (nSPS) is 10.0. The number of benzene rings is 2. The molecule has 5 heteroatoms. The van der Waals surface area contributed by atoms with Gasteiger partial charge in [0, 0.05) is 90.5 Å². The summed E-state index contributed by atoms with van der Waals surface area (Å²) >= 11 is 0. The van der Waals surface area contributed by atoms with Crippen LogP contribution in [-0.2, 0) is 52.8 Å². The van der Waals surface area contributed by atoms with Gasteiger partial charge < -0.3 is 16.7 Å². The Morgan fingerprint density at radius 3 is 2.65 bits per heavy atom. The first-order valence-electron chi connectivity index (χ1n) is 6.62. The molecule has 0 aliphatic heterocycles. The van der Waals surface area contributed by atoms with Crippen molar-refractivity contribution in [3.05, 3.63) is 62.3 Å². The molecular weight excluding hydrogens is 539 g/mol. The Balaban J connectivity index is 0.000000882. The summed E-state index contributed by atoms with van der Waals surface area (Å²) in [6, 6.07) is 16.0. The predicted molar refractivity (Wildman–Crippen MR) is 89.8 cm³/mol. The van der Waals surface area contributed by atoms with Gasteiger partial charge in [-0.2, -0.15) is 0 Å². The maximum absolute atomic E-state index is 4.48. The maximum atomic E-state index is 4.48. The van der Waals surface area contributed by atoms with E-state index in [1.54, 1.807) is 0 Å². The van der Waals surface area contributed by atoms with Gasteiger partial charge in [0.15, 0.2) is 0 Å². The first-order chi connectivity index (χ1) is 9.75. The van der Waals surface area contributed by atoms with Crippen LogP contribution in [0.3, 0.4) is 0 Å². The summed E-state index contributed by atoms with van der Waals surface area (Å²) in [6.07, 6.45) is 3.85. The van der Waals surface area contributed by atoms with E-state index in [9.17, 15) is 0 Å². The van der Waals surface area contributed by atoms with Crippen LogP contribution < -0.4 is 4.90 Å². The SMILES string of the molecule is CN(C)c1ccc2c(c1)c1ccc[c-]c1c1nccn21.[CH3-].[Ir].[Y]. The summed E-state index contributed by atoms with van der Waals surface area (Å²) in [5, 5.41) is 3.50. The van der Waals surface area contributed by atoms with Gasteiger partial charge in [0.2, 0.25) is 0 Å². The number of aromatic nitrogens is 2. The van der Waals surface area contributed by atoms with Crippen molar-refractivity contribution in [2.45, 2.75) is 0 Å². The number of hydrogen-bond acceptors (Lipinski definition) is 2. The molecule has 118 valence electrons. The van der Waals surface area contributed by atoms with Gasteiger partial charge in [0.05, 0.1) is 5.65 Å². The molecule has 23 heavy (non-hydrogen) atoms. The summed E-state index contributed by atoms with van der Waals surface area (Å²) in [5.41, 5.74) is 3.34. The molecule has 2 aromatic carbocycles. The van der Waals surface area contributed by atoms with E-state index in [1.807, 2.05) is 24.5 Å². The second kappa shape index (κ2) is 7.85. The average molecular weight is 556 g/mol. The average Bonchev–Trinajstić information content (AvgIpc) is 2.96. The van der Waals surface area contributed by atoms with Crippen LogP contribution in [0.1, 0.15) is 0 Å². The Morgan fingerprint density at radius 1 is 1.13 bits per heavy atom. The first kappa shape index (κ1) is 20.2. The minimum atomic E-state index is 0. The van der Waals surface area contributed by atoms with Crippen LogP contribution in [0.4, 0.5) is 5.69 Å². The quantitative estimate of drug-likeness (QED) is 0.262. The minimum absolute atomic E-state index is 0. The van der Waals surface area contributed by atoms with E-state index >= 15 is 0 Å². The second-order valence-corrected chi connectivity index (χ2v) is 5.18. The number of anilines is 1. The van der Waals surface area contributed by atoms with Crippen LogP contribution in [0.2, 0.25) is 0 Å². The molecule has 0 fully saturated rings. The molecule has 0 amide bonds. The molecule has 0 aliphatic carbocycles. The molecule has 2 radical (unpaired) electrons. The fraction of sp³-hybridized carbons (Fsp3) is 0.111. The third kappa shape index (κ3) is 3.23. The van der Waals surface area contributed by atoms with E-state index in [0.29, 0.717) is 0 Å². The minimum Gasteiger partial charge on any atom is -0.378 e. The largest absolute Gasteiger partial charge is 0.378 e. The number of hydrogen-bond donors (Lipinski definition) is 0. The van der Waals surface area contributed by atoms with Gasteiger partial charge in [-0.25, -0.2) is 0 Å². The van der Waals surface area contributed by atoms with Crippen molar-refractivity contribution < 1.29 is 52.8 Å². The fourth-order valence-corrected chi connectivity index (χ4v) is 2.76. The smallest absolute Gasteiger partial charge is 0.0608 e. The van der Waals surface area contributed by atoms with Crippen LogP contribution in [-0.4, -0.2) is 23.5 Å². The topological polar surface area (TPSA) is 20.5 Å². The van der Waals surface area contributed by atoms with Gasteiger partial charge in [0.25, 0.3) is 0 Å². The Kier molecular flexibility index (Phi) is 6.91. The molecule has 0 atom stereocenters. The van der Waals surface area contributed by atoms with Crippen molar-refractivity contribution in [1.82, 2.24) is 9.38 Å². The predicted octanol–water partition coefficient (Wildman–Crippen LogP) is 3.95. The molecule has 0 bridgehead atoms. The monoisotopic (exact) mass is 557 g/mol. The van der Waals surface area contributed by atoms with Crippen molar-refractivity contribution in [2.75, 3.05) is 19.0 Å². The standard InChI is InChI=1S/C17H14N3.CH3.Ir.Y/c1-19(2)12-7-8-16-15(11-12)13-5-3-4-6-14(13)17-18-9-10-20(16)17;;;/h3-5,7-11H,1-2H3;1H3;;/q2*-1;;. The zero-order valence-electron chi connectivity index (χ0n) is 13.4. The third-order valence-electron chi connectivity index (χ3n) is 3.77. The number of fused-ring (bicyclic) bond motifs is 6. The van der Waals surface area contributed by atoms with Crippen LogP contribution in [0.5, 0.6) is 0 Å². The molecule has 0 aliphatic rings. The van der Waals surface area contributed by atoms with Gasteiger partial charge in [0.1, 0.15) is 0 Å². The summed E-state index contributed by atoms with van der Waals surface area (Å²) in [4.78, 5) is 6.60. The summed E-state index contributed by atoms with van der Waals surface area (Å²) in [6.45, 7) is 0. The van der Waals surface area contributed by atoms with Crippen LogP contribution >= 0.6 is 0 Å². The number of pyridine rings is 1. The molecule has 2 heterocycles. The Labute approximate surface area is 175 Å². The number of rotatable bonds is 1. The Morgan fingerprint density at radius 2 is 1.91 bits per heavy atom. The molecule has 0 spiro atoms. The number of imidazole rings is 1. The van der Waals surface area contributed by atoms with Gasteiger partial charge in [-0.05, 0) is 23.6 Å². The van der Waals surface area contributed by atoms with Gasteiger partial charge in [-0.1, -0.05) is 5.39 Å². The molecule has 0 unspecified atom stereocenters. The van der Waals surface area contributed by atoms with Gasteiger partial charge >= 0.3 is 0 Å². The fourth-order valence-electron chi connectivity index (χ4n) is 2.76. The van der Waals surface area contributed by atoms with Gasteiger partial charge in [-0.15, -0.1) is 29.7 Å². The van der Waals surface area contributed by atoms with E-state index in [2.05, 4.69) is 58.7 Å². The molecular formula is C18H17IrN3Y-2. The van der Waals surface area contributed by atoms with E-state index < -0.39 is 0 Å². The van der Waals surface area contributed by atoms with Crippen molar-refractivity contribution in [1.29, 1.82) is 0 Å². The number of nitrogens with zero attached hydrogens (tertiary/aromatic N) is 3. The van der Waals surface area contributed by atoms with E-state index in [0.717, 1.165) is 11.0 Å². The third-order valence-corrected chi connectivity index (χ3v) is 3.77. The van der Waals surface area contributed by atoms with Crippen LogP contribution in [0, 0.1) is 13.5 Å². The van der Waals surface area contributed by atoms with Crippen LogP contribution in [0.25, 0.3) is 27.3 Å². The summed E-state index contributed by atoms with van der Waals surface area (Å²) in [5.74, 6) is 0. The first-order valence-corrected chi connectivity index (χ1v) is 6.62. The van der Waals surface area contributed by atoms with Crippen LogP contribution in [0.15, 0.2) is 48.8 Å². The molecule has 0 saturated heterocycles. The van der Waals surface area contributed by atoms with E-state index in [4.69, 9.17) is 0 Å². The van der Waals surface area contributed by atoms with E-state index in [1.165, 1.54) is 22.0 Å². The maximum Gasteiger partial charge on any atom is 0.0608 e. The van der Waals surface area contributed by atoms with E-state index in [-0.39, 0.29) is 60.2 Å². The van der Waals surface area contributed by atoms with Crippen molar-refractivity contribution in [2.24, 2.45) is 0 Å².